The molecule has 0 unspecified atom stereocenters. The Kier molecular flexibility index (Phi) is 5.22. The second kappa shape index (κ2) is 7.94. The van der Waals surface area contributed by atoms with Gasteiger partial charge in [-0.05, 0) is 17.7 Å². The topological polar surface area (TPSA) is 55.7 Å². The summed E-state index contributed by atoms with van der Waals surface area (Å²) in [6.07, 6.45) is 1.95. The van der Waals surface area contributed by atoms with Crippen molar-refractivity contribution < 1.29 is 9.13 Å². The molecule has 4 rings (SSSR count). The van der Waals surface area contributed by atoms with Gasteiger partial charge in [-0.25, -0.2) is 4.39 Å². The van der Waals surface area contributed by atoms with E-state index in [0.717, 1.165) is 27.4 Å². The highest BCUT2D eigenvalue weighted by atomic mass is 32.2. The SMILES string of the molecule is COCCn1c(SCc2ccccc2F)nnc1-c1c[nH]c2ccccc12. The van der Waals surface area contributed by atoms with Crippen molar-refractivity contribution in [1.82, 2.24) is 19.7 Å². The fraction of sp³-hybridized carbons (Fsp3) is 0.200. The zero-order chi connectivity index (χ0) is 18.6. The molecule has 0 aliphatic rings. The standard InChI is InChI=1S/C20H19FN4OS/c1-26-11-10-25-19(16-12-22-18-9-5-3-7-15(16)18)23-24-20(25)27-13-14-6-2-4-8-17(14)21/h2-9,12,22H,10-11,13H2,1H3. The summed E-state index contributed by atoms with van der Waals surface area (Å²) in [5.41, 5.74) is 2.69. The maximum Gasteiger partial charge on any atom is 0.191 e. The Bertz CT molecular complexity index is 1060. The molecule has 4 aromatic rings. The van der Waals surface area contributed by atoms with E-state index in [2.05, 4.69) is 21.2 Å². The van der Waals surface area contributed by atoms with Crippen LogP contribution in [0.2, 0.25) is 0 Å². The number of nitrogens with zero attached hydrogens (tertiary/aromatic N) is 3. The van der Waals surface area contributed by atoms with Gasteiger partial charge in [0, 0.05) is 35.5 Å². The van der Waals surface area contributed by atoms with Crippen LogP contribution in [0.15, 0.2) is 59.9 Å². The van der Waals surface area contributed by atoms with Gasteiger partial charge in [-0.15, -0.1) is 10.2 Å². The van der Waals surface area contributed by atoms with Crippen LogP contribution in [0.25, 0.3) is 22.3 Å². The Labute approximate surface area is 160 Å². The summed E-state index contributed by atoms with van der Waals surface area (Å²) in [5.74, 6) is 1.07. The molecular weight excluding hydrogens is 363 g/mol. The minimum absolute atomic E-state index is 0.204. The van der Waals surface area contributed by atoms with Gasteiger partial charge in [-0.1, -0.05) is 48.2 Å². The Morgan fingerprint density at radius 3 is 2.78 bits per heavy atom. The van der Waals surface area contributed by atoms with Crippen LogP contribution in [0.3, 0.4) is 0 Å². The Morgan fingerprint density at radius 2 is 1.93 bits per heavy atom. The molecule has 0 saturated carbocycles. The molecule has 7 heteroatoms. The third kappa shape index (κ3) is 3.61. The van der Waals surface area contributed by atoms with Crippen molar-refractivity contribution in [3.8, 4) is 11.4 Å². The first-order valence-electron chi connectivity index (χ1n) is 8.62. The number of aromatic nitrogens is 4. The number of methoxy groups -OCH3 is 1. The molecule has 0 spiro atoms. The van der Waals surface area contributed by atoms with E-state index in [0.29, 0.717) is 24.5 Å². The summed E-state index contributed by atoms with van der Waals surface area (Å²) in [5, 5.41) is 10.6. The minimum Gasteiger partial charge on any atom is -0.383 e. The van der Waals surface area contributed by atoms with Crippen molar-refractivity contribution in [3.05, 3.63) is 66.1 Å². The number of nitrogens with one attached hydrogen (secondary N) is 1. The lowest BCUT2D eigenvalue weighted by atomic mass is 10.1. The maximum absolute atomic E-state index is 13.9. The van der Waals surface area contributed by atoms with Gasteiger partial charge in [0.05, 0.1) is 13.2 Å². The lowest BCUT2D eigenvalue weighted by Crippen LogP contribution is -2.07. The molecular formula is C20H19FN4OS. The Morgan fingerprint density at radius 1 is 1.11 bits per heavy atom. The number of hydrogen-bond acceptors (Lipinski definition) is 4. The third-order valence-corrected chi connectivity index (χ3v) is 5.40. The van der Waals surface area contributed by atoms with Crippen LogP contribution in [0.4, 0.5) is 4.39 Å². The fourth-order valence-electron chi connectivity index (χ4n) is 2.99. The number of fused-ring (bicyclic) bond motifs is 1. The highest BCUT2D eigenvalue weighted by molar-refractivity contribution is 7.98. The number of H-pyrrole nitrogens is 1. The number of benzene rings is 2. The summed E-state index contributed by atoms with van der Waals surface area (Å²) < 4.78 is 21.2. The van der Waals surface area contributed by atoms with Gasteiger partial charge in [0.15, 0.2) is 11.0 Å². The summed E-state index contributed by atoms with van der Waals surface area (Å²) in [7, 11) is 1.67. The van der Waals surface area contributed by atoms with Crippen LogP contribution < -0.4 is 0 Å². The van der Waals surface area contributed by atoms with E-state index >= 15 is 0 Å². The first-order valence-corrected chi connectivity index (χ1v) is 9.61. The summed E-state index contributed by atoms with van der Waals surface area (Å²) in [6, 6.07) is 14.9. The number of hydrogen-bond donors (Lipinski definition) is 1. The zero-order valence-electron chi connectivity index (χ0n) is 14.9. The van der Waals surface area contributed by atoms with Gasteiger partial charge in [0.2, 0.25) is 0 Å². The van der Waals surface area contributed by atoms with Crippen LogP contribution in [-0.2, 0) is 17.0 Å². The molecule has 0 fully saturated rings. The molecule has 0 atom stereocenters. The van der Waals surface area contributed by atoms with E-state index in [9.17, 15) is 4.39 Å². The molecule has 0 bridgehead atoms. The molecule has 1 N–H and O–H groups in total. The molecule has 0 aliphatic carbocycles. The monoisotopic (exact) mass is 382 g/mol. The van der Waals surface area contributed by atoms with Crippen molar-refractivity contribution in [2.75, 3.05) is 13.7 Å². The average Bonchev–Trinajstić information content (AvgIpc) is 3.29. The highest BCUT2D eigenvalue weighted by Gasteiger charge is 2.17. The largest absolute Gasteiger partial charge is 0.383 e. The first-order chi connectivity index (χ1) is 13.3. The van der Waals surface area contributed by atoms with Gasteiger partial charge < -0.3 is 9.72 Å². The maximum atomic E-state index is 13.9. The second-order valence-electron chi connectivity index (χ2n) is 6.08. The summed E-state index contributed by atoms with van der Waals surface area (Å²) >= 11 is 1.47. The van der Waals surface area contributed by atoms with Crippen molar-refractivity contribution in [2.24, 2.45) is 0 Å². The number of ether oxygens (including phenoxy) is 1. The molecule has 2 aromatic carbocycles. The van der Waals surface area contributed by atoms with E-state index in [1.807, 2.05) is 35.0 Å². The number of thioether (sulfide) groups is 1. The fourth-order valence-corrected chi connectivity index (χ4v) is 3.94. The van der Waals surface area contributed by atoms with Gasteiger partial charge in [0.25, 0.3) is 0 Å². The normalized spacial score (nSPS) is 11.3. The lowest BCUT2D eigenvalue weighted by Gasteiger charge is -2.09. The van der Waals surface area contributed by atoms with Crippen molar-refractivity contribution in [3.63, 3.8) is 0 Å². The van der Waals surface area contributed by atoms with Crippen LogP contribution in [0.1, 0.15) is 5.56 Å². The van der Waals surface area contributed by atoms with E-state index in [-0.39, 0.29) is 5.82 Å². The second-order valence-corrected chi connectivity index (χ2v) is 7.02. The molecule has 138 valence electrons. The van der Waals surface area contributed by atoms with Crippen LogP contribution >= 0.6 is 11.8 Å². The van der Waals surface area contributed by atoms with Crippen LogP contribution in [-0.4, -0.2) is 33.5 Å². The Balaban J connectivity index is 1.68. The number of halogens is 1. The van der Waals surface area contributed by atoms with E-state index < -0.39 is 0 Å². The Hall–Kier alpha value is -2.64. The highest BCUT2D eigenvalue weighted by Crippen LogP contribution is 2.31. The first kappa shape index (κ1) is 17.8. The van der Waals surface area contributed by atoms with E-state index in [1.165, 1.54) is 17.8 Å². The summed E-state index contributed by atoms with van der Waals surface area (Å²) in [6.45, 7) is 1.17. The van der Waals surface area contributed by atoms with E-state index in [4.69, 9.17) is 4.74 Å². The van der Waals surface area contributed by atoms with E-state index in [1.54, 1.807) is 19.2 Å². The van der Waals surface area contributed by atoms with Crippen LogP contribution in [0.5, 0.6) is 0 Å². The molecule has 2 heterocycles. The quantitative estimate of drug-likeness (QED) is 0.478. The molecule has 0 amide bonds. The molecule has 5 nitrogen and oxygen atoms in total. The number of aromatic amines is 1. The van der Waals surface area contributed by atoms with Gasteiger partial charge in [0.1, 0.15) is 5.82 Å². The lowest BCUT2D eigenvalue weighted by molar-refractivity contribution is 0.185. The number of rotatable bonds is 7. The summed E-state index contributed by atoms with van der Waals surface area (Å²) in [4.78, 5) is 3.28. The molecule has 0 saturated heterocycles. The molecule has 0 aliphatic heterocycles. The van der Waals surface area contributed by atoms with Crippen LogP contribution in [0, 0.1) is 5.82 Å². The third-order valence-electron chi connectivity index (χ3n) is 4.38. The smallest absolute Gasteiger partial charge is 0.191 e. The zero-order valence-corrected chi connectivity index (χ0v) is 15.7. The van der Waals surface area contributed by atoms with Crippen molar-refractivity contribution >= 4 is 22.7 Å². The predicted molar refractivity (Wildman–Crippen MR) is 105 cm³/mol. The van der Waals surface area contributed by atoms with Gasteiger partial charge in [-0.3, -0.25) is 4.57 Å². The minimum atomic E-state index is -0.204. The van der Waals surface area contributed by atoms with Crippen molar-refractivity contribution in [1.29, 1.82) is 0 Å². The number of para-hydroxylation sites is 1. The average molecular weight is 382 g/mol. The van der Waals surface area contributed by atoms with Gasteiger partial charge in [-0.2, -0.15) is 0 Å². The molecule has 0 radical (unpaired) electrons. The molecule has 27 heavy (non-hydrogen) atoms. The van der Waals surface area contributed by atoms with Crippen molar-refractivity contribution in [2.45, 2.75) is 17.5 Å². The molecule has 2 aromatic heterocycles. The predicted octanol–water partition coefficient (Wildman–Crippen LogP) is 4.50. The van der Waals surface area contributed by atoms with Gasteiger partial charge >= 0.3 is 0 Å².